The highest BCUT2D eigenvalue weighted by Crippen LogP contribution is 2.06. The van der Waals surface area contributed by atoms with E-state index in [4.69, 9.17) is 10.5 Å². The van der Waals surface area contributed by atoms with E-state index in [9.17, 15) is 4.79 Å². The molecule has 21 heavy (non-hydrogen) atoms. The number of nitrogens with two attached hydrogens (primary N) is 1. The summed E-state index contributed by atoms with van der Waals surface area (Å²) in [5.74, 6) is 0.463. The minimum absolute atomic E-state index is 0.142. The summed E-state index contributed by atoms with van der Waals surface area (Å²) in [5, 5.41) is 8.24. The molecule has 2 aromatic rings. The molecule has 2 N–H and O–H groups in total. The number of anilines is 2. The van der Waals surface area contributed by atoms with Gasteiger partial charge in [-0.1, -0.05) is 0 Å². The topological polar surface area (TPSA) is 91.2 Å². The fourth-order valence-electron chi connectivity index (χ4n) is 1.86. The van der Waals surface area contributed by atoms with E-state index >= 15 is 0 Å². The van der Waals surface area contributed by atoms with Crippen molar-refractivity contribution in [2.45, 2.75) is 13.1 Å². The number of aromatic nitrogens is 4. The lowest BCUT2D eigenvalue weighted by Gasteiger charge is -2.18. The van der Waals surface area contributed by atoms with Gasteiger partial charge < -0.3 is 15.4 Å². The van der Waals surface area contributed by atoms with Crippen molar-refractivity contribution in [2.24, 2.45) is 0 Å². The summed E-state index contributed by atoms with van der Waals surface area (Å²) in [6.07, 6.45) is 3.45. The van der Waals surface area contributed by atoms with Crippen LogP contribution < -0.4 is 16.2 Å². The van der Waals surface area contributed by atoms with E-state index in [-0.39, 0.29) is 5.56 Å². The zero-order valence-electron chi connectivity index (χ0n) is 12.3. The van der Waals surface area contributed by atoms with Crippen LogP contribution in [0, 0.1) is 0 Å². The highest BCUT2D eigenvalue weighted by molar-refractivity contribution is 5.41. The van der Waals surface area contributed by atoms with Crippen LogP contribution in [-0.2, 0) is 17.8 Å². The fourth-order valence-corrected chi connectivity index (χ4v) is 1.86. The van der Waals surface area contributed by atoms with Crippen LogP contribution in [-0.4, -0.2) is 46.9 Å². The van der Waals surface area contributed by atoms with Gasteiger partial charge in [-0.3, -0.25) is 9.48 Å². The van der Waals surface area contributed by atoms with Gasteiger partial charge in [-0.2, -0.15) is 10.2 Å². The van der Waals surface area contributed by atoms with Gasteiger partial charge in [0.25, 0.3) is 5.56 Å². The summed E-state index contributed by atoms with van der Waals surface area (Å²) in [4.78, 5) is 14.0. The Morgan fingerprint density at radius 2 is 2.24 bits per heavy atom. The number of likely N-dealkylation sites (N-methyl/N-ethyl adjacent to an activating group) is 1. The molecule has 0 atom stereocenters. The van der Waals surface area contributed by atoms with Crippen molar-refractivity contribution in [3.05, 3.63) is 34.9 Å². The summed E-state index contributed by atoms with van der Waals surface area (Å²) < 4.78 is 8.10. The molecule has 0 bridgehead atoms. The van der Waals surface area contributed by atoms with Crippen molar-refractivity contribution in [2.75, 3.05) is 37.9 Å². The molecule has 0 aliphatic carbocycles. The van der Waals surface area contributed by atoms with Crippen LogP contribution >= 0.6 is 0 Å². The molecule has 0 saturated carbocycles. The zero-order chi connectivity index (χ0) is 15.2. The van der Waals surface area contributed by atoms with Gasteiger partial charge in [0, 0.05) is 33.0 Å². The molecule has 2 aromatic heterocycles. The SMILES string of the molecule is COCCN(C)c1cnn(CCn2ccc(N)n2)c(=O)c1. The monoisotopic (exact) mass is 292 g/mol. The van der Waals surface area contributed by atoms with Gasteiger partial charge in [-0.05, 0) is 6.07 Å². The molecule has 0 amide bonds. The zero-order valence-corrected chi connectivity index (χ0v) is 12.3. The molecule has 2 heterocycles. The number of hydrogen-bond donors (Lipinski definition) is 1. The van der Waals surface area contributed by atoms with Crippen molar-refractivity contribution in [3.63, 3.8) is 0 Å². The van der Waals surface area contributed by atoms with E-state index in [1.165, 1.54) is 4.68 Å². The third-order valence-corrected chi connectivity index (χ3v) is 3.13. The molecular weight excluding hydrogens is 272 g/mol. The molecular formula is C13H20N6O2. The van der Waals surface area contributed by atoms with Crippen LogP contribution in [0.3, 0.4) is 0 Å². The van der Waals surface area contributed by atoms with Crippen molar-refractivity contribution >= 4 is 11.5 Å². The van der Waals surface area contributed by atoms with E-state index in [1.54, 1.807) is 36.3 Å². The van der Waals surface area contributed by atoms with Crippen molar-refractivity contribution in [3.8, 4) is 0 Å². The smallest absolute Gasteiger partial charge is 0.268 e. The van der Waals surface area contributed by atoms with Crippen LogP contribution in [0.15, 0.2) is 29.3 Å². The molecule has 8 heteroatoms. The van der Waals surface area contributed by atoms with Gasteiger partial charge in [-0.15, -0.1) is 0 Å². The molecule has 0 aliphatic rings. The van der Waals surface area contributed by atoms with Crippen LogP contribution in [0.1, 0.15) is 0 Å². The fraction of sp³-hybridized carbons (Fsp3) is 0.462. The number of rotatable bonds is 7. The molecule has 114 valence electrons. The number of nitrogens with zero attached hydrogens (tertiary/aromatic N) is 5. The number of nitrogen functional groups attached to an aromatic ring is 1. The Morgan fingerprint density at radius 1 is 1.43 bits per heavy atom. The molecule has 8 nitrogen and oxygen atoms in total. The molecule has 0 spiro atoms. The summed E-state index contributed by atoms with van der Waals surface area (Å²) in [7, 11) is 3.54. The number of hydrogen-bond acceptors (Lipinski definition) is 6. The van der Waals surface area contributed by atoms with Gasteiger partial charge in [0.05, 0.1) is 31.6 Å². The molecule has 0 fully saturated rings. The van der Waals surface area contributed by atoms with Gasteiger partial charge in [0.2, 0.25) is 0 Å². The number of ether oxygens (including phenoxy) is 1. The van der Waals surface area contributed by atoms with E-state index in [1.807, 2.05) is 11.9 Å². The van der Waals surface area contributed by atoms with Gasteiger partial charge in [0.15, 0.2) is 0 Å². The second-order valence-corrected chi connectivity index (χ2v) is 4.69. The van der Waals surface area contributed by atoms with Crippen LogP contribution in [0.5, 0.6) is 0 Å². The first-order valence-corrected chi connectivity index (χ1v) is 6.66. The minimum atomic E-state index is -0.142. The Kier molecular flexibility index (Phi) is 4.94. The first-order valence-electron chi connectivity index (χ1n) is 6.66. The van der Waals surface area contributed by atoms with Crippen LogP contribution in [0.2, 0.25) is 0 Å². The lowest BCUT2D eigenvalue weighted by Crippen LogP contribution is -2.28. The van der Waals surface area contributed by atoms with Crippen molar-refractivity contribution < 1.29 is 4.74 Å². The number of methoxy groups -OCH3 is 1. The first kappa shape index (κ1) is 15.0. The maximum absolute atomic E-state index is 12.0. The summed E-state index contributed by atoms with van der Waals surface area (Å²) in [5.41, 5.74) is 6.17. The predicted molar refractivity (Wildman–Crippen MR) is 80.3 cm³/mol. The van der Waals surface area contributed by atoms with Crippen molar-refractivity contribution in [1.29, 1.82) is 0 Å². The third kappa shape index (κ3) is 4.06. The summed E-state index contributed by atoms with van der Waals surface area (Å²) in [6, 6.07) is 3.28. The maximum Gasteiger partial charge on any atom is 0.268 e. The first-order chi connectivity index (χ1) is 10.1. The average Bonchev–Trinajstić information content (AvgIpc) is 2.89. The molecule has 0 saturated heterocycles. The van der Waals surface area contributed by atoms with E-state index in [2.05, 4.69) is 10.2 Å². The normalized spacial score (nSPS) is 10.8. The lowest BCUT2D eigenvalue weighted by atomic mass is 10.4. The Bertz CT molecular complexity index is 636. The quantitative estimate of drug-likeness (QED) is 0.760. The standard InChI is InChI=1S/C13H20N6O2/c1-17(7-8-21-2)11-9-13(20)19(15-10-11)6-5-18-4-3-12(14)16-18/h3-4,9-10H,5-8H2,1-2H3,(H2,14,16). The second-order valence-electron chi connectivity index (χ2n) is 4.69. The van der Waals surface area contributed by atoms with Gasteiger partial charge in [-0.25, -0.2) is 4.68 Å². The Balaban J connectivity index is 2.00. The lowest BCUT2D eigenvalue weighted by molar-refractivity contribution is 0.206. The van der Waals surface area contributed by atoms with E-state index in [0.717, 1.165) is 5.69 Å². The highest BCUT2D eigenvalue weighted by atomic mass is 16.5. The number of aryl methyl sites for hydroxylation is 2. The molecule has 0 aliphatic heterocycles. The minimum Gasteiger partial charge on any atom is -0.383 e. The third-order valence-electron chi connectivity index (χ3n) is 3.13. The summed E-state index contributed by atoms with van der Waals surface area (Å²) >= 11 is 0. The van der Waals surface area contributed by atoms with E-state index < -0.39 is 0 Å². The average molecular weight is 292 g/mol. The van der Waals surface area contributed by atoms with E-state index in [0.29, 0.717) is 32.1 Å². The van der Waals surface area contributed by atoms with Crippen molar-refractivity contribution in [1.82, 2.24) is 19.6 Å². The molecule has 2 rings (SSSR count). The maximum atomic E-state index is 12.0. The largest absolute Gasteiger partial charge is 0.383 e. The van der Waals surface area contributed by atoms with Gasteiger partial charge in [0.1, 0.15) is 5.82 Å². The van der Waals surface area contributed by atoms with Gasteiger partial charge >= 0.3 is 0 Å². The second kappa shape index (κ2) is 6.89. The van der Waals surface area contributed by atoms with Crippen LogP contribution in [0.4, 0.5) is 11.5 Å². The molecule has 0 aromatic carbocycles. The predicted octanol–water partition coefficient (Wildman–Crippen LogP) is -0.195. The highest BCUT2D eigenvalue weighted by Gasteiger charge is 2.05. The van der Waals surface area contributed by atoms with Crippen LogP contribution in [0.25, 0.3) is 0 Å². The Morgan fingerprint density at radius 3 is 2.86 bits per heavy atom. The Labute approximate surface area is 122 Å². The molecule has 0 radical (unpaired) electrons. The molecule has 0 unspecified atom stereocenters. The Hall–Kier alpha value is -2.35. The summed E-state index contributed by atoms with van der Waals surface area (Å²) in [6.45, 7) is 2.29.